The third kappa shape index (κ3) is 1.94. The number of carbonyl (C=O) groups is 1. The number of rotatable bonds is 0. The number of piperidine rings is 1. The molecule has 0 spiro atoms. The molecule has 0 aromatic heterocycles. The maximum atomic E-state index is 11.9. The molecule has 1 aliphatic carbocycles. The second kappa shape index (κ2) is 3.16. The van der Waals surface area contributed by atoms with E-state index in [4.69, 9.17) is 11.2 Å². The molecule has 15 heavy (non-hydrogen) atoms. The van der Waals surface area contributed by atoms with Gasteiger partial charge in [-0.1, -0.05) is 5.92 Å². The molecule has 0 bridgehead atoms. The van der Waals surface area contributed by atoms with Gasteiger partial charge in [-0.25, -0.2) is 4.79 Å². The summed E-state index contributed by atoms with van der Waals surface area (Å²) in [6.07, 6.45) is 7.19. The molecule has 0 aromatic carbocycles. The van der Waals surface area contributed by atoms with Gasteiger partial charge in [0, 0.05) is 6.04 Å². The molecule has 3 heteroatoms. The van der Waals surface area contributed by atoms with Crippen molar-refractivity contribution >= 4 is 6.09 Å². The molecule has 0 N–H and O–H groups in total. The summed E-state index contributed by atoms with van der Waals surface area (Å²) in [6, 6.07) is 0.296. The first-order valence-electron chi connectivity index (χ1n) is 5.40. The van der Waals surface area contributed by atoms with Crippen molar-refractivity contribution in [1.82, 2.24) is 4.90 Å². The van der Waals surface area contributed by atoms with Gasteiger partial charge in [0.25, 0.3) is 0 Å². The molecular weight excluding hydrogens is 190 g/mol. The summed E-state index contributed by atoms with van der Waals surface area (Å²) in [4.78, 5) is 13.6. The Morgan fingerprint density at radius 3 is 2.67 bits per heavy atom. The number of amides is 1. The zero-order valence-corrected chi connectivity index (χ0v) is 9.49. The van der Waals surface area contributed by atoms with Crippen molar-refractivity contribution in [2.45, 2.75) is 51.3 Å². The third-order valence-electron chi connectivity index (χ3n) is 2.90. The van der Waals surface area contributed by atoms with Gasteiger partial charge in [0.15, 0.2) is 0 Å². The van der Waals surface area contributed by atoms with Crippen LogP contribution in [0.25, 0.3) is 0 Å². The van der Waals surface area contributed by atoms with E-state index < -0.39 is 5.60 Å². The van der Waals surface area contributed by atoms with Crippen LogP contribution in [-0.2, 0) is 4.74 Å². The van der Waals surface area contributed by atoms with E-state index in [0.717, 1.165) is 12.8 Å². The van der Waals surface area contributed by atoms with Crippen LogP contribution >= 0.6 is 0 Å². The zero-order chi connectivity index (χ0) is 11.2. The molecule has 2 fully saturated rings. The quantitative estimate of drug-likeness (QED) is 0.569. The largest absolute Gasteiger partial charge is 0.444 e. The lowest BCUT2D eigenvalue weighted by molar-refractivity contribution is 0.0225. The molecule has 0 radical (unpaired) electrons. The summed E-state index contributed by atoms with van der Waals surface area (Å²) >= 11 is 0. The van der Waals surface area contributed by atoms with Crippen molar-refractivity contribution in [3.63, 3.8) is 0 Å². The number of fused-ring (bicyclic) bond motifs is 1. The predicted molar refractivity (Wildman–Crippen MR) is 57.2 cm³/mol. The van der Waals surface area contributed by atoms with Crippen molar-refractivity contribution < 1.29 is 9.53 Å². The van der Waals surface area contributed by atoms with Gasteiger partial charge in [0.1, 0.15) is 5.60 Å². The number of carbonyl (C=O) groups excluding carboxylic acids is 1. The van der Waals surface area contributed by atoms with E-state index in [2.05, 4.69) is 5.92 Å². The van der Waals surface area contributed by atoms with Crippen molar-refractivity contribution in [3.8, 4) is 12.3 Å². The molecule has 2 aliphatic rings. The van der Waals surface area contributed by atoms with Crippen LogP contribution in [0.1, 0.15) is 33.6 Å². The molecule has 2 unspecified atom stereocenters. The van der Waals surface area contributed by atoms with Crippen LogP contribution in [0, 0.1) is 18.3 Å². The normalized spacial score (nSPS) is 33.2. The first-order chi connectivity index (χ1) is 6.92. The number of likely N-dealkylation sites (tertiary alicyclic amines) is 1. The molecule has 3 atom stereocenters. The summed E-state index contributed by atoms with van der Waals surface area (Å²) in [5.41, 5.74) is -0.441. The van der Waals surface area contributed by atoms with E-state index in [1.807, 2.05) is 20.8 Å². The van der Waals surface area contributed by atoms with Gasteiger partial charge in [-0.2, -0.15) is 0 Å². The molecule has 3 nitrogen and oxygen atoms in total. The van der Waals surface area contributed by atoms with E-state index in [-0.39, 0.29) is 12.1 Å². The molecule has 1 saturated heterocycles. The maximum absolute atomic E-state index is 11.9. The number of hydrogen-bond acceptors (Lipinski definition) is 2. The van der Waals surface area contributed by atoms with E-state index in [0.29, 0.717) is 12.0 Å². The molecule has 1 saturated carbocycles. The number of terminal acetylenes is 1. The summed E-state index contributed by atoms with van der Waals surface area (Å²) in [6.45, 7) is 5.61. The molecule has 1 heterocycles. The minimum absolute atomic E-state index is 0.0522. The van der Waals surface area contributed by atoms with Gasteiger partial charge >= 0.3 is 6.09 Å². The van der Waals surface area contributed by atoms with Gasteiger partial charge in [-0.15, -0.1) is 6.42 Å². The Bertz CT molecular complexity index is 323. The molecule has 1 aliphatic heterocycles. The highest BCUT2D eigenvalue weighted by atomic mass is 16.6. The zero-order valence-electron chi connectivity index (χ0n) is 9.49. The molecule has 0 aromatic rings. The van der Waals surface area contributed by atoms with E-state index in [9.17, 15) is 4.79 Å². The van der Waals surface area contributed by atoms with Crippen molar-refractivity contribution in [2.24, 2.45) is 5.92 Å². The Balaban J connectivity index is 2.04. The fourth-order valence-electron chi connectivity index (χ4n) is 2.18. The average molecular weight is 207 g/mol. The highest BCUT2D eigenvalue weighted by Crippen LogP contribution is 2.48. The van der Waals surface area contributed by atoms with Gasteiger partial charge in [-0.3, -0.25) is 4.90 Å². The smallest absolute Gasteiger partial charge is 0.411 e. The van der Waals surface area contributed by atoms with Crippen molar-refractivity contribution in [1.29, 1.82) is 0 Å². The van der Waals surface area contributed by atoms with Gasteiger partial charge in [-0.05, 0) is 39.5 Å². The van der Waals surface area contributed by atoms with Crippen LogP contribution in [0.3, 0.4) is 0 Å². The Morgan fingerprint density at radius 1 is 1.47 bits per heavy atom. The second-order valence-corrected chi connectivity index (χ2v) is 5.37. The molecular formula is C12H17NO2. The van der Waals surface area contributed by atoms with Crippen LogP contribution in [0.4, 0.5) is 4.79 Å². The maximum Gasteiger partial charge on any atom is 0.411 e. The molecule has 2 rings (SSSR count). The number of ether oxygens (including phenoxy) is 1. The number of nitrogens with zero attached hydrogens (tertiary/aromatic N) is 1. The topological polar surface area (TPSA) is 29.5 Å². The van der Waals surface area contributed by atoms with E-state index in [1.54, 1.807) is 4.90 Å². The minimum atomic E-state index is -0.441. The monoisotopic (exact) mass is 207 g/mol. The van der Waals surface area contributed by atoms with E-state index >= 15 is 0 Å². The summed E-state index contributed by atoms with van der Waals surface area (Å²) < 4.78 is 5.34. The SMILES string of the molecule is C#CC1CC2C[C@@H]2N1C(=O)OC(C)(C)C. The van der Waals surface area contributed by atoms with Gasteiger partial charge in [0.2, 0.25) is 0 Å². The Hall–Kier alpha value is -1.17. The Labute approximate surface area is 90.8 Å². The fourth-order valence-corrected chi connectivity index (χ4v) is 2.18. The Kier molecular flexibility index (Phi) is 2.18. The standard InChI is InChI=1S/C12H17NO2/c1-5-9-6-8-7-10(8)13(9)11(14)15-12(2,3)4/h1,8-10H,6-7H2,2-4H3/t8?,9?,10-/m0/s1. The Morgan fingerprint density at radius 2 is 2.13 bits per heavy atom. The summed E-state index contributed by atoms with van der Waals surface area (Å²) in [5.74, 6) is 3.29. The fraction of sp³-hybridized carbons (Fsp3) is 0.750. The minimum Gasteiger partial charge on any atom is -0.444 e. The van der Waals surface area contributed by atoms with Gasteiger partial charge in [0.05, 0.1) is 6.04 Å². The lowest BCUT2D eigenvalue weighted by atomic mass is 10.2. The predicted octanol–water partition coefficient (Wildman–Crippen LogP) is 2.02. The molecule has 1 amide bonds. The second-order valence-electron chi connectivity index (χ2n) is 5.37. The van der Waals surface area contributed by atoms with Gasteiger partial charge < -0.3 is 4.74 Å². The first kappa shape index (κ1) is 10.4. The lowest BCUT2D eigenvalue weighted by Crippen LogP contribution is -2.41. The number of hydrogen-bond donors (Lipinski definition) is 0. The van der Waals surface area contributed by atoms with Crippen molar-refractivity contribution in [2.75, 3.05) is 0 Å². The van der Waals surface area contributed by atoms with Crippen LogP contribution in [0.2, 0.25) is 0 Å². The average Bonchev–Trinajstić information content (AvgIpc) is 2.73. The van der Waals surface area contributed by atoms with Crippen LogP contribution in [0.5, 0.6) is 0 Å². The highest BCUT2D eigenvalue weighted by molar-refractivity contribution is 5.71. The van der Waals surface area contributed by atoms with E-state index in [1.165, 1.54) is 0 Å². The van der Waals surface area contributed by atoms with Crippen LogP contribution in [-0.4, -0.2) is 28.7 Å². The highest BCUT2D eigenvalue weighted by Gasteiger charge is 2.54. The van der Waals surface area contributed by atoms with Crippen LogP contribution < -0.4 is 0 Å². The summed E-state index contributed by atoms with van der Waals surface area (Å²) in [5, 5.41) is 0. The van der Waals surface area contributed by atoms with Crippen molar-refractivity contribution in [3.05, 3.63) is 0 Å². The molecule has 82 valence electrons. The van der Waals surface area contributed by atoms with Crippen LogP contribution in [0.15, 0.2) is 0 Å². The summed E-state index contributed by atoms with van der Waals surface area (Å²) in [7, 11) is 0. The lowest BCUT2D eigenvalue weighted by Gasteiger charge is -2.28. The first-order valence-corrected chi connectivity index (χ1v) is 5.40. The third-order valence-corrected chi connectivity index (χ3v) is 2.90.